The van der Waals surface area contributed by atoms with Crippen molar-refractivity contribution in [1.29, 1.82) is 5.26 Å². The minimum absolute atomic E-state index is 0.0487. The highest BCUT2D eigenvalue weighted by atomic mass is 32.2. The largest absolute Gasteiger partial charge is 0.477 e. The van der Waals surface area contributed by atoms with Gasteiger partial charge in [0.15, 0.2) is 0 Å². The highest BCUT2D eigenvalue weighted by molar-refractivity contribution is 7.93. The summed E-state index contributed by atoms with van der Waals surface area (Å²) in [5, 5.41) is 17.7. The molecule has 6 nitrogen and oxygen atoms in total. The third kappa shape index (κ3) is 3.01. The lowest BCUT2D eigenvalue weighted by Crippen LogP contribution is -2.14. The van der Waals surface area contributed by atoms with Crippen LogP contribution in [0, 0.1) is 17.1 Å². The number of nitriles is 1. The molecule has 0 unspecified atom stereocenters. The first-order chi connectivity index (χ1) is 9.85. The summed E-state index contributed by atoms with van der Waals surface area (Å²) in [6.45, 7) is 0. The number of carboxylic acid groups (broad SMARTS) is 1. The summed E-state index contributed by atoms with van der Waals surface area (Å²) in [7, 11) is -4.19. The van der Waals surface area contributed by atoms with Gasteiger partial charge in [-0.1, -0.05) is 6.07 Å². The molecule has 2 rings (SSSR count). The Balaban J connectivity index is 2.41. The maximum atomic E-state index is 13.4. The van der Waals surface area contributed by atoms with Crippen molar-refractivity contribution in [1.82, 2.24) is 0 Å². The Kier molecular flexibility index (Phi) is 3.93. The molecule has 9 heteroatoms. The first-order valence-electron chi connectivity index (χ1n) is 5.39. The third-order valence-electron chi connectivity index (χ3n) is 2.43. The van der Waals surface area contributed by atoms with Crippen LogP contribution in [0.15, 0.2) is 35.2 Å². The number of aromatic carboxylic acids is 1. The number of hydrogen-bond acceptors (Lipinski definition) is 5. The van der Waals surface area contributed by atoms with Crippen molar-refractivity contribution >= 4 is 32.3 Å². The smallest absolute Gasteiger partial charge is 0.345 e. The van der Waals surface area contributed by atoms with Gasteiger partial charge < -0.3 is 5.11 Å². The molecule has 2 N–H and O–H groups in total. The zero-order valence-electron chi connectivity index (χ0n) is 10.2. The van der Waals surface area contributed by atoms with Gasteiger partial charge in [-0.25, -0.2) is 17.6 Å². The lowest BCUT2D eigenvalue weighted by molar-refractivity contribution is 0.0702. The van der Waals surface area contributed by atoms with Crippen molar-refractivity contribution in [2.45, 2.75) is 4.90 Å². The number of sulfonamides is 1. The van der Waals surface area contributed by atoms with Gasteiger partial charge in [0.2, 0.25) is 0 Å². The molecule has 0 atom stereocenters. The second-order valence-corrected chi connectivity index (χ2v) is 6.53. The molecule has 0 fully saturated rings. The number of thiophene rings is 1. The van der Waals surface area contributed by atoms with E-state index in [0.717, 1.165) is 12.1 Å². The average Bonchev–Trinajstić information content (AvgIpc) is 2.86. The second-order valence-electron chi connectivity index (χ2n) is 3.80. The fourth-order valence-electron chi connectivity index (χ4n) is 1.53. The van der Waals surface area contributed by atoms with Crippen LogP contribution in [-0.4, -0.2) is 19.5 Å². The van der Waals surface area contributed by atoms with E-state index in [4.69, 9.17) is 10.4 Å². The summed E-state index contributed by atoms with van der Waals surface area (Å²) in [4.78, 5) is 10.2. The molecule has 0 bridgehead atoms. The van der Waals surface area contributed by atoms with E-state index in [1.54, 1.807) is 0 Å². The topological polar surface area (TPSA) is 107 Å². The van der Waals surface area contributed by atoms with E-state index in [9.17, 15) is 17.6 Å². The van der Waals surface area contributed by atoms with Gasteiger partial charge in [-0.15, -0.1) is 11.3 Å². The van der Waals surface area contributed by atoms with Gasteiger partial charge in [-0.3, -0.25) is 4.72 Å². The second kappa shape index (κ2) is 5.51. The molecule has 0 spiro atoms. The minimum atomic E-state index is -4.19. The number of nitrogens with one attached hydrogen (secondary N) is 1. The Hall–Kier alpha value is -2.44. The maximum Gasteiger partial charge on any atom is 0.345 e. The van der Waals surface area contributed by atoms with Crippen LogP contribution in [-0.2, 0) is 10.0 Å². The van der Waals surface area contributed by atoms with Crippen LogP contribution in [0.2, 0.25) is 0 Å². The van der Waals surface area contributed by atoms with Crippen molar-refractivity contribution in [3.63, 3.8) is 0 Å². The lowest BCUT2D eigenvalue weighted by atomic mass is 10.2. The first kappa shape index (κ1) is 15.0. The van der Waals surface area contributed by atoms with Crippen molar-refractivity contribution in [3.05, 3.63) is 46.6 Å². The summed E-state index contributed by atoms with van der Waals surface area (Å²) in [5.74, 6) is -2.13. The predicted octanol–water partition coefficient (Wildman–Crippen LogP) is 2.26. The summed E-state index contributed by atoms with van der Waals surface area (Å²) in [6, 6.07) is 7.25. The summed E-state index contributed by atoms with van der Waals surface area (Å²) in [5.41, 5.74) is -0.597. The van der Waals surface area contributed by atoms with E-state index < -0.39 is 32.3 Å². The molecule has 0 aliphatic heterocycles. The number of carbonyl (C=O) groups is 1. The average molecular weight is 326 g/mol. The van der Waals surface area contributed by atoms with Crippen LogP contribution in [0.25, 0.3) is 0 Å². The van der Waals surface area contributed by atoms with Crippen LogP contribution >= 0.6 is 11.3 Å². The molecular weight excluding hydrogens is 319 g/mol. The fraction of sp³-hybridized carbons (Fsp3) is 0. The molecule has 1 aromatic carbocycles. The van der Waals surface area contributed by atoms with Crippen molar-refractivity contribution in [2.24, 2.45) is 0 Å². The Morgan fingerprint density at radius 2 is 2.05 bits per heavy atom. The van der Waals surface area contributed by atoms with Gasteiger partial charge in [0.05, 0.1) is 0 Å². The molecule has 0 radical (unpaired) electrons. The number of hydrogen-bond donors (Lipinski definition) is 2. The van der Waals surface area contributed by atoms with Crippen molar-refractivity contribution in [2.75, 3.05) is 4.72 Å². The van der Waals surface area contributed by atoms with Crippen LogP contribution in [0.5, 0.6) is 0 Å². The highest BCUT2D eigenvalue weighted by Crippen LogP contribution is 2.26. The number of halogens is 1. The van der Waals surface area contributed by atoms with Gasteiger partial charge >= 0.3 is 5.97 Å². The Bertz CT molecular complexity index is 852. The summed E-state index contributed by atoms with van der Waals surface area (Å²) < 4.78 is 39.8. The molecule has 0 aliphatic carbocycles. The van der Waals surface area contributed by atoms with E-state index in [1.165, 1.54) is 24.3 Å². The maximum absolute atomic E-state index is 13.4. The van der Waals surface area contributed by atoms with Crippen molar-refractivity contribution in [3.8, 4) is 6.07 Å². The molecular formula is C12H7FN2O4S2. The normalized spacial score (nSPS) is 10.9. The zero-order chi connectivity index (χ0) is 15.6. The minimum Gasteiger partial charge on any atom is -0.477 e. The van der Waals surface area contributed by atoms with Gasteiger partial charge in [0.25, 0.3) is 10.0 Å². The lowest BCUT2D eigenvalue weighted by Gasteiger charge is -2.07. The Labute approximate surface area is 123 Å². The van der Waals surface area contributed by atoms with Gasteiger partial charge in [0.1, 0.15) is 32.2 Å². The van der Waals surface area contributed by atoms with Crippen molar-refractivity contribution < 1.29 is 22.7 Å². The summed E-state index contributed by atoms with van der Waals surface area (Å²) >= 11 is 0.714. The van der Waals surface area contributed by atoms with Crippen LogP contribution in [0.1, 0.15) is 15.2 Å². The molecule has 0 amide bonds. The molecule has 1 heterocycles. The molecule has 0 saturated heterocycles. The standard InChI is InChI=1S/C12H7FN2O4S2/c13-8-2-1-3-10(7(8)6-14)21(18,19)15-11-5-4-9(20-11)12(16)17/h1-5,15H,(H,16,17). The van der Waals surface area contributed by atoms with E-state index in [0.29, 0.717) is 11.3 Å². The van der Waals surface area contributed by atoms with Gasteiger partial charge in [-0.2, -0.15) is 5.26 Å². The monoisotopic (exact) mass is 326 g/mol. The van der Waals surface area contributed by atoms with E-state index in [1.807, 2.05) is 0 Å². The third-order valence-corrected chi connectivity index (χ3v) is 4.95. The number of anilines is 1. The van der Waals surface area contributed by atoms with E-state index in [2.05, 4.69) is 4.72 Å². The molecule has 1 aromatic heterocycles. The van der Waals surface area contributed by atoms with Crippen LogP contribution in [0.3, 0.4) is 0 Å². The summed E-state index contributed by atoms with van der Waals surface area (Å²) in [6.07, 6.45) is 0. The molecule has 0 aliphatic rings. The zero-order valence-corrected chi connectivity index (χ0v) is 11.8. The number of benzene rings is 1. The number of carboxylic acids is 1. The Morgan fingerprint density at radius 3 is 2.62 bits per heavy atom. The molecule has 21 heavy (non-hydrogen) atoms. The fourth-order valence-corrected chi connectivity index (χ4v) is 3.74. The molecule has 0 saturated carbocycles. The number of nitrogens with zero attached hydrogens (tertiary/aromatic N) is 1. The van der Waals surface area contributed by atoms with Crippen LogP contribution < -0.4 is 4.72 Å². The number of rotatable bonds is 4. The van der Waals surface area contributed by atoms with Crippen LogP contribution in [0.4, 0.5) is 9.39 Å². The Morgan fingerprint density at radius 1 is 1.33 bits per heavy atom. The predicted molar refractivity (Wildman–Crippen MR) is 73.2 cm³/mol. The quantitative estimate of drug-likeness (QED) is 0.896. The molecule has 2 aromatic rings. The first-order valence-corrected chi connectivity index (χ1v) is 7.69. The highest BCUT2D eigenvalue weighted by Gasteiger charge is 2.22. The van der Waals surface area contributed by atoms with Gasteiger partial charge in [-0.05, 0) is 24.3 Å². The van der Waals surface area contributed by atoms with Gasteiger partial charge in [0, 0.05) is 0 Å². The van der Waals surface area contributed by atoms with E-state index in [-0.39, 0.29) is 9.88 Å². The van der Waals surface area contributed by atoms with E-state index >= 15 is 0 Å². The SMILES string of the molecule is N#Cc1c(F)cccc1S(=O)(=O)Nc1ccc(C(=O)O)s1. The molecule has 108 valence electrons.